The molecule has 1 N–H and O–H groups in total. The lowest BCUT2D eigenvalue weighted by atomic mass is 10.2. The van der Waals surface area contributed by atoms with E-state index in [1.807, 2.05) is 6.92 Å². The number of hydrogen-bond acceptors (Lipinski definition) is 7. The van der Waals surface area contributed by atoms with Gasteiger partial charge in [-0.05, 0) is 19.1 Å². The van der Waals surface area contributed by atoms with Gasteiger partial charge in [-0.2, -0.15) is 0 Å². The van der Waals surface area contributed by atoms with E-state index in [2.05, 4.69) is 15.2 Å². The number of aromatic nitrogens is 1. The molecule has 1 amide bonds. The zero-order chi connectivity index (χ0) is 16.8. The lowest BCUT2D eigenvalue weighted by molar-refractivity contribution is 0.0554. The Morgan fingerprint density at radius 1 is 1.26 bits per heavy atom. The van der Waals surface area contributed by atoms with E-state index < -0.39 is 11.9 Å². The van der Waals surface area contributed by atoms with Crippen molar-refractivity contribution in [3.63, 3.8) is 0 Å². The van der Waals surface area contributed by atoms with Gasteiger partial charge < -0.3 is 24.1 Å². The zero-order valence-corrected chi connectivity index (χ0v) is 12.9. The molecular formula is C15H16N2O6. The average molecular weight is 320 g/mol. The number of carbonyl (C=O) groups excluding carboxylic acids is 2. The lowest BCUT2D eigenvalue weighted by Crippen LogP contribution is -2.13. The van der Waals surface area contributed by atoms with E-state index in [0.29, 0.717) is 23.8 Å². The first-order valence-corrected chi connectivity index (χ1v) is 6.76. The van der Waals surface area contributed by atoms with Crippen molar-refractivity contribution >= 4 is 17.6 Å². The molecule has 0 aliphatic rings. The second kappa shape index (κ2) is 7.30. The number of esters is 1. The molecular weight excluding hydrogens is 304 g/mol. The fraction of sp³-hybridized carbons (Fsp3) is 0.267. The van der Waals surface area contributed by atoms with E-state index in [1.54, 1.807) is 18.2 Å². The first-order chi connectivity index (χ1) is 11.1. The monoisotopic (exact) mass is 320 g/mol. The number of anilines is 1. The molecule has 8 heteroatoms. The minimum atomic E-state index is -0.715. The summed E-state index contributed by atoms with van der Waals surface area (Å²) >= 11 is 0. The lowest BCUT2D eigenvalue weighted by Gasteiger charge is -2.12. The number of carbonyl (C=O) groups is 2. The first-order valence-electron chi connectivity index (χ1n) is 6.76. The minimum absolute atomic E-state index is 0.0596. The normalized spacial score (nSPS) is 10.0. The molecule has 0 aliphatic carbocycles. The number of nitrogens with one attached hydrogen (secondary N) is 1. The molecule has 1 heterocycles. The largest absolute Gasteiger partial charge is 0.497 e. The van der Waals surface area contributed by atoms with E-state index >= 15 is 0 Å². The van der Waals surface area contributed by atoms with Crippen LogP contribution in [0.15, 0.2) is 28.8 Å². The molecule has 2 aromatic rings. The number of methoxy groups -OCH3 is 2. The van der Waals surface area contributed by atoms with Crippen molar-refractivity contribution < 1.29 is 28.3 Å². The third-order valence-corrected chi connectivity index (χ3v) is 2.86. The molecule has 2 rings (SSSR count). The molecule has 0 atom stereocenters. The van der Waals surface area contributed by atoms with Crippen molar-refractivity contribution in [3.8, 4) is 11.5 Å². The summed E-state index contributed by atoms with van der Waals surface area (Å²) in [7, 11) is 2.72. The van der Waals surface area contributed by atoms with Crippen molar-refractivity contribution in [3.05, 3.63) is 35.7 Å². The van der Waals surface area contributed by atoms with Gasteiger partial charge in [0.2, 0.25) is 5.76 Å². The van der Waals surface area contributed by atoms with Crippen molar-refractivity contribution in [2.24, 2.45) is 0 Å². The Morgan fingerprint density at radius 2 is 2.04 bits per heavy atom. The van der Waals surface area contributed by atoms with Crippen LogP contribution >= 0.6 is 0 Å². The van der Waals surface area contributed by atoms with E-state index in [4.69, 9.17) is 14.0 Å². The molecule has 122 valence electrons. The predicted molar refractivity (Wildman–Crippen MR) is 80.0 cm³/mol. The average Bonchev–Trinajstić information content (AvgIpc) is 3.06. The maximum Gasteiger partial charge on any atom is 0.376 e. The molecule has 1 aromatic carbocycles. The van der Waals surface area contributed by atoms with E-state index in [0.717, 1.165) is 0 Å². The fourth-order valence-corrected chi connectivity index (χ4v) is 1.78. The molecule has 1 aromatic heterocycles. The molecule has 8 nitrogen and oxygen atoms in total. The molecule has 0 spiro atoms. The summed E-state index contributed by atoms with van der Waals surface area (Å²) in [6, 6.07) is 6.21. The summed E-state index contributed by atoms with van der Waals surface area (Å²) in [5.74, 6) is -0.392. The Balaban J connectivity index is 2.22. The van der Waals surface area contributed by atoms with Crippen LogP contribution in [0.2, 0.25) is 0 Å². The van der Waals surface area contributed by atoms with Crippen LogP contribution in [0.3, 0.4) is 0 Å². The van der Waals surface area contributed by atoms with E-state index in [-0.39, 0.29) is 11.5 Å². The van der Waals surface area contributed by atoms with Gasteiger partial charge in [0.1, 0.15) is 11.5 Å². The second-order valence-corrected chi connectivity index (χ2v) is 4.32. The smallest absolute Gasteiger partial charge is 0.376 e. The Hall–Kier alpha value is -3.03. The van der Waals surface area contributed by atoms with Gasteiger partial charge in [-0.25, -0.2) is 4.79 Å². The highest BCUT2D eigenvalue weighted by molar-refractivity contribution is 6.04. The summed E-state index contributed by atoms with van der Waals surface area (Å²) in [6.07, 6.45) is 0. The van der Waals surface area contributed by atoms with Crippen LogP contribution in [0.1, 0.15) is 28.0 Å². The maximum atomic E-state index is 12.2. The van der Waals surface area contributed by atoms with Gasteiger partial charge in [0.15, 0.2) is 5.69 Å². The number of benzene rings is 1. The number of amides is 1. The topological polar surface area (TPSA) is 99.9 Å². The van der Waals surface area contributed by atoms with Crippen LogP contribution < -0.4 is 14.8 Å². The highest BCUT2D eigenvalue weighted by Gasteiger charge is 2.19. The summed E-state index contributed by atoms with van der Waals surface area (Å²) in [5.41, 5.74) is 0.356. The molecule has 23 heavy (non-hydrogen) atoms. The van der Waals surface area contributed by atoms with Crippen LogP contribution in [0.4, 0.5) is 5.69 Å². The molecule has 0 aliphatic heterocycles. The predicted octanol–water partition coefficient (Wildman–Crippen LogP) is 2.12. The number of rotatable bonds is 6. The highest BCUT2D eigenvalue weighted by atomic mass is 16.5. The summed E-state index contributed by atoms with van der Waals surface area (Å²) < 4.78 is 19.8. The van der Waals surface area contributed by atoms with Gasteiger partial charge in [-0.15, -0.1) is 0 Å². The minimum Gasteiger partial charge on any atom is -0.497 e. The highest BCUT2D eigenvalue weighted by Crippen LogP contribution is 2.29. The molecule has 0 unspecified atom stereocenters. The van der Waals surface area contributed by atoms with Gasteiger partial charge >= 0.3 is 5.97 Å². The van der Waals surface area contributed by atoms with Crippen molar-refractivity contribution in [1.82, 2.24) is 5.16 Å². The summed E-state index contributed by atoms with van der Waals surface area (Å²) in [5, 5.41) is 6.18. The van der Waals surface area contributed by atoms with Gasteiger partial charge in [0, 0.05) is 12.1 Å². The Labute approximate surface area is 132 Å². The number of hydrogen-bond donors (Lipinski definition) is 1. The molecule has 0 fully saturated rings. The number of ether oxygens (including phenoxy) is 3. The fourth-order valence-electron chi connectivity index (χ4n) is 1.78. The van der Waals surface area contributed by atoms with Crippen LogP contribution in [0.25, 0.3) is 0 Å². The SMILES string of the molecule is CCOc1ccc(OC)cc1NC(=O)c1cc(C(=O)OC)on1. The molecule has 0 radical (unpaired) electrons. The second-order valence-electron chi connectivity index (χ2n) is 4.32. The zero-order valence-electron chi connectivity index (χ0n) is 12.9. The molecule has 0 saturated carbocycles. The number of nitrogens with zero attached hydrogens (tertiary/aromatic N) is 1. The van der Waals surface area contributed by atoms with Gasteiger partial charge in [-0.3, -0.25) is 4.79 Å². The Kier molecular flexibility index (Phi) is 5.19. The maximum absolute atomic E-state index is 12.2. The summed E-state index contributed by atoms with van der Waals surface area (Å²) in [6.45, 7) is 2.27. The molecule has 0 bridgehead atoms. The van der Waals surface area contributed by atoms with Crippen molar-refractivity contribution in [1.29, 1.82) is 0 Å². The van der Waals surface area contributed by atoms with Gasteiger partial charge in [-0.1, -0.05) is 5.16 Å². The van der Waals surface area contributed by atoms with E-state index in [9.17, 15) is 9.59 Å². The standard InChI is InChI=1S/C15H16N2O6/c1-4-22-12-6-5-9(20-2)7-10(12)16-14(18)11-8-13(23-17-11)15(19)21-3/h5-8H,4H2,1-3H3,(H,16,18). The van der Waals surface area contributed by atoms with Crippen molar-refractivity contribution in [2.75, 3.05) is 26.1 Å². The van der Waals surface area contributed by atoms with Crippen LogP contribution in [-0.4, -0.2) is 37.9 Å². The van der Waals surface area contributed by atoms with Crippen LogP contribution in [-0.2, 0) is 4.74 Å². The Bertz CT molecular complexity index is 710. The quantitative estimate of drug-likeness (QED) is 0.814. The van der Waals surface area contributed by atoms with Gasteiger partial charge in [0.05, 0.1) is 26.5 Å². The van der Waals surface area contributed by atoms with Gasteiger partial charge in [0.25, 0.3) is 5.91 Å². The third-order valence-electron chi connectivity index (χ3n) is 2.86. The van der Waals surface area contributed by atoms with Crippen LogP contribution in [0, 0.1) is 0 Å². The first kappa shape index (κ1) is 16.3. The van der Waals surface area contributed by atoms with Crippen LogP contribution in [0.5, 0.6) is 11.5 Å². The Morgan fingerprint density at radius 3 is 2.70 bits per heavy atom. The molecule has 0 saturated heterocycles. The van der Waals surface area contributed by atoms with E-state index in [1.165, 1.54) is 20.3 Å². The summed E-state index contributed by atoms with van der Waals surface area (Å²) in [4.78, 5) is 23.5. The third kappa shape index (κ3) is 3.79. The van der Waals surface area contributed by atoms with Crippen molar-refractivity contribution in [2.45, 2.75) is 6.92 Å².